The fourth-order valence-electron chi connectivity index (χ4n) is 2.64. The molecule has 0 atom stereocenters. The number of thiophene rings is 1. The van der Waals surface area contributed by atoms with E-state index in [9.17, 15) is 13.2 Å². The number of benzene rings is 1. The van der Waals surface area contributed by atoms with Crippen LogP contribution in [0.3, 0.4) is 0 Å². The fourth-order valence-corrected chi connectivity index (χ4v) is 4.70. The molecule has 3 aromatic rings. The Morgan fingerprint density at radius 1 is 1.15 bits per heavy atom. The van der Waals surface area contributed by atoms with Gasteiger partial charge in [0.15, 0.2) is 5.82 Å². The molecule has 0 unspecified atom stereocenters. The first-order chi connectivity index (χ1) is 13.0. The van der Waals surface area contributed by atoms with E-state index in [1.807, 2.05) is 32.0 Å². The van der Waals surface area contributed by atoms with E-state index in [0.717, 1.165) is 11.3 Å². The lowest BCUT2D eigenvalue weighted by molar-refractivity contribution is 0.0774. The highest BCUT2D eigenvalue weighted by atomic mass is 32.2. The first kappa shape index (κ1) is 19.1. The number of aromatic nitrogens is 2. The van der Waals surface area contributed by atoms with Crippen molar-refractivity contribution in [2.45, 2.75) is 18.1 Å². The predicted molar refractivity (Wildman–Crippen MR) is 106 cm³/mol. The maximum atomic E-state index is 12.9. The van der Waals surface area contributed by atoms with E-state index in [1.165, 1.54) is 16.9 Å². The Bertz CT molecular complexity index is 1010. The van der Waals surface area contributed by atoms with Gasteiger partial charge in [-0.25, -0.2) is 13.1 Å². The van der Waals surface area contributed by atoms with Crippen molar-refractivity contribution in [2.24, 2.45) is 0 Å². The highest BCUT2D eigenvalue weighted by Crippen LogP contribution is 2.26. The van der Waals surface area contributed by atoms with E-state index in [0.29, 0.717) is 18.8 Å². The van der Waals surface area contributed by atoms with Crippen molar-refractivity contribution < 1.29 is 13.2 Å². The molecule has 9 heteroatoms. The van der Waals surface area contributed by atoms with Gasteiger partial charge in [0.05, 0.1) is 11.9 Å². The zero-order valence-corrected chi connectivity index (χ0v) is 16.6. The molecule has 1 amide bonds. The summed E-state index contributed by atoms with van der Waals surface area (Å²) in [5, 5.41) is 5.96. The number of carbonyl (C=O) groups excluding carboxylic acids is 1. The number of hydrogen-bond acceptors (Lipinski definition) is 5. The molecule has 7 nitrogen and oxygen atoms in total. The zero-order valence-electron chi connectivity index (χ0n) is 15.0. The molecule has 0 saturated carbocycles. The highest BCUT2D eigenvalue weighted by Gasteiger charge is 2.26. The largest absolute Gasteiger partial charge is 0.339 e. The van der Waals surface area contributed by atoms with Crippen LogP contribution in [0.4, 0.5) is 5.82 Å². The average molecular weight is 405 g/mol. The Kier molecular flexibility index (Phi) is 5.62. The topological polar surface area (TPSA) is 84.3 Å². The van der Waals surface area contributed by atoms with E-state index < -0.39 is 10.0 Å². The van der Waals surface area contributed by atoms with Gasteiger partial charge in [-0.15, -0.1) is 11.3 Å². The van der Waals surface area contributed by atoms with Crippen LogP contribution in [-0.4, -0.2) is 42.1 Å². The van der Waals surface area contributed by atoms with Crippen LogP contribution < -0.4 is 4.72 Å². The number of anilines is 1. The molecule has 0 spiro atoms. The quantitative estimate of drug-likeness (QED) is 0.655. The van der Waals surface area contributed by atoms with Crippen molar-refractivity contribution >= 4 is 33.1 Å². The van der Waals surface area contributed by atoms with Crippen molar-refractivity contribution in [3.8, 4) is 5.69 Å². The van der Waals surface area contributed by atoms with Gasteiger partial charge in [0.2, 0.25) is 0 Å². The SMILES string of the molecule is CCN(CC)C(=O)c1cnn(-c2ccccc2)c1NS(=O)(=O)c1cccs1. The average Bonchev–Trinajstić information content (AvgIpc) is 3.33. The van der Waals surface area contributed by atoms with Crippen LogP contribution in [0.1, 0.15) is 24.2 Å². The Balaban J connectivity index is 2.11. The first-order valence-corrected chi connectivity index (χ1v) is 10.8. The van der Waals surface area contributed by atoms with Gasteiger partial charge in [-0.2, -0.15) is 5.10 Å². The maximum absolute atomic E-state index is 12.9. The normalized spacial score (nSPS) is 11.3. The van der Waals surface area contributed by atoms with Crippen LogP contribution in [0.25, 0.3) is 5.69 Å². The van der Waals surface area contributed by atoms with Gasteiger partial charge in [-0.05, 0) is 37.4 Å². The molecular formula is C18H20N4O3S2. The van der Waals surface area contributed by atoms with Crippen molar-refractivity contribution in [3.63, 3.8) is 0 Å². The summed E-state index contributed by atoms with van der Waals surface area (Å²) in [4.78, 5) is 14.5. The number of carbonyl (C=O) groups is 1. The third-order valence-electron chi connectivity index (χ3n) is 4.04. The molecule has 3 rings (SSSR count). The molecule has 0 bridgehead atoms. The second kappa shape index (κ2) is 7.93. The summed E-state index contributed by atoms with van der Waals surface area (Å²) in [5.74, 6) is -0.141. The molecule has 1 aromatic carbocycles. The van der Waals surface area contributed by atoms with Crippen molar-refractivity contribution in [2.75, 3.05) is 17.8 Å². The minimum Gasteiger partial charge on any atom is -0.339 e. The van der Waals surface area contributed by atoms with Crippen LogP contribution in [-0.2, 0) is 10.0 Å². The summed E-state index contributed by atoms with van der Waals surface area (Å²) in [5.41, 5.74) is 0.864. The van der Waals surface area contributed by atoms with E-state index in [2.05, 4.69) is 9.82 Å². The van der Waals surface area contributed by atoms with E-state index in [4.69, 9.17) is 0 Å². The Morgan fingerprint density at radius 2 is 1.85 bits per heavy atom. The van der Waals surface area contributed by atoms with Gasteiger partial charge < -0.3 is 4.90 Å². The minimum atomic E-state index is -3.83. The predicted octanol–water partition coefficient (Wildman–Crippen LogP) is 3.22. The van der Waals surface area contributed by atoms with Crippen molar-refractivity contribution in [1.29, 1.82) is 0 Å². The van der Waals surface area contributed by atoms with Gasteiger partial charge in [-0.3, -0.25) is 9.52 Å². The number of rotatable bonds is 7. The van der Waals surface area contributed by atoms with Gasteiger partial charge in [0.1, 0.15) is 9.77 Å². The third kappa shape index (κ3) is 3.88. The monoisotopic (exact) mass is 404 g/mol. The smallest absolute Gasteiger partial charge is 0.272 e. The number of sulfonamides is 1. The lowest BCUT2D eigenvalue weighted by atomic mass is 10.2. The number of nitrogens with one attached hydrogen (secondary N) is 1. The molecular weight excluding hydrogens is 384 g/mol. The first-order valence-electron chi connectivity index (χ1n) is 8.47. The van der Waals surface area contributed by atoms with E-state index in [1.54, 1.807) is 28.5 Å². The van der Waals surface area contributed by atoms with Gasteiger partial charge in [0, 0.05) is 13.1 Å². The highest BCUT2D eigenvalue weighted by molar-refractivity contribution is 7.94. The summed E-state index contributed by atoms with van der Waals surface area (Å²) in [6.07, 6.45) is 1.40. The zero-order chi connectivity index (χ0) is 19.4. The fraction of sp³-hybridized carbons (Fsp3) is 0.222. The molecule has 0 saturated heterocycles. The molecule has 2 heterocycles. The van der Waals surface area contributed by atoms with Gasteiger partial charge in [-0.1, -0.05) is 24.3 Å². The van der Waals surface area contributed by atoms with Crippen LogP contribution in [0, 0.1) is 0 Å². The molecule has 142 valence electrons. The summed E-state index contributed by atoms with van der Waals surface area (Å²) in [7, 11) is -3.83. The molecule has 1 N–H and O–H groups in total. The van der Waals surface area contributed by atoms with Crippen LogP contribution in [0.2, 0.25) is 0 Å². The maximum Gasteiger partial charge on any atom is 0.272 e. The van der Waals surface area contributed by atoms with E-state index in [-0.39, 0.29) is 21.5 Å². The van der Waals surface area contributed by atoms with Gasteiger partial charge >= 0.3 is 0 Å². The Morgan fingerprint density at radius 3 is 2.44 bits per heavy atom. The summed E-state index contributed by atoms with van der Waals surface area (Å²) >= 11 is 1.11. The molecule has 0 fully saturated rings. The molecule has 2 aromatic heterocycles. The molecule has 0 radical (unpaired) electrons. The van der Waals surface area contributed by atoms with Crippen molar-refractivity contribution in [1.82, 2.24) is 14.7 Å². The number of hydrogen-bond donors (Lipinski definition) is 1. The number of para-hydroxylation sites is 1. The molecule has 0 aliphatic carbocycles. The van der Waals surface area contributed by atoms with Crippen LogP contribution in [0.15, 0.2) is 58.3 Å². The Hall–Kier alpha value is -2.65. The van der Waals surface area contributed by atoms with Crippen LogP contribution >= 0.6 is 11.3 Å². The lowest BCUT2D eigenvalue weighted by Crippen LogP contribution is -2.31. The summed E-state index contributed by atoms with van der Waals surface area (Å²) < 4.78 is 29.7. The second-order valence-corrected chi connectivity index (χ2v) is 8.53. The number of nitrogens with zero attached hydrogens (tertiary/aromatic N) is 3. The molecule has 0 aliphatic heterocycles. The summed E-state index contributed by atoms with van der Waals surface area (Å²) in [6.45, 7) is 4.78. The van der Waals surface area contributed by atoms with Crippen molar-refractivity contribution in [3.05, 3.63) is 59.6 Å². The van der Waals surface area contributed by atoms with E-state index >= 15 is 0 Å². The number of amides is 1. The van der Waals surface area contributed by atoms with Gasteiger partial charge in [0.25, 0.3) is 15.9 Å². The standard InChI is InChI=1S/C18H20N4O3S2/c1-3-21(4-2)18(23)15-13-19-22(14-9-6-5-7-10-14)17(15)20-27(24,25)16-11-8-12-26-16/h5-13,20H,3-4H2,1-2H3. The van der Waals surface area contributed by atoms with Crippen LogP contribution in [0.5, 0.6) is 0 Å². The lowest BCUT2D eigenvalue weighted by Gasteiger charge is -2.19. The summed E-state index contributed by atoms with van der Waals surface area (Å²) in [6, 6.07) is 12.3. The Labute approximate surface area is 162 Å². The second-order valence-electron chi connectivity index (χ2n) is 5.67. The third-order valence-corrected chi connectivity index (χ3v) is 6.78. The molecule has 27 heavy (non-hydrogen) atoms. The molecule has 0 aliphatic rings. The minimum absolute atomic E-state index is 0.131.